The summed E-state index contributed by atoms with van der Waals surface area (Å²) in [6.07, 6.45) is 7.15. The van der Waals surface area contributed by atoms with Crippen molar-refractivity contribution in [2.45, 2.75) is 44.3 Å². The van der Waals surface area contributed by atoms with Crippen molar-refractivity contribution in [3.63, 3.8) is 0 Å². The lowest BCUT2D eigenvalue weighted by atomic mass is 10.0. The van der Waals surface area contributed by atoms with Gasteiger partial charge < -0.3 is 15.5 Å². The van der Waals surface area contributed by atoms with Crippen LogP contribution in [0.3, 0.4) is 0 Å². The maximum atomic E-state index is 4.49. The van der Waals surface area contributed by atoms with Gasteiger partial charge in [-0.2, -0.15) is 0 Å². The summed E-state index contributed by atoms with van der Waals surface area (Å²) >= 11 is 0. The van der Waals surface area contributed by atoms with Crippen molar-refractivity contribution in [3.05, 3.63) is 54.2 Å². The van der Waals surface area contributed by atoms with Crippen molar-refractivity contribution in [2.75, 3.05) is 23.7 Å². The van der Waals surface area contributed by atoms with Gasteiger partial charge in [0.05, 0.1) is 0 Å². The molecule has 0 spiro atoms. The molecular weight excluding hydrogens is 296 g/mol. The van der Waals surface area contributed by atoms with E-state index in [-0.39, 0.29) is 0 Å². The summed E-state index contributed by atoms with van der Waals surface area (Å²) in [7, 11) is 0. The van der Waals surface area contributed by atoms with Crippen molar-refractivity contribution in [1.82, 2.24) is 9.88 Å². The summed E-state index contributed by atoms with van der Waals surface area (Å²) in [5.41, 5.74) is 2.41. The Hall–Kier alpha value is -2.07. The molecule has 1 aliphatic carbocycles. The van der Waals surface area contributed by atoms with Crippen LogP contribution in [0.4, 0.5) is 11.5 Å². The zero-order valence-electron chi connectivity index (χ0n) is 14.1. The van der Waals surface area contributed by atoms with E-state index in [1.165, 1.54) is 44.3 Å². The van der Waals surface area contributed by atoms with Crippen LogP contribution in [0.15, 0.2) is 48.7 Å². The van der Waals surface area contributed by atoms with Crippen LogP contribution in [-0.2, 0) is 6.54 Å². The highest BCUT2D eigenvalue weighted by Crippen LogP contribution is 2.29. The lowest BCUT2D eigenvalue weighted by molar-refractivity contribution is 0.210. The summed E-state index contributed by atoms with van der Waals surface area (Å²) < 4.78 is 0. The molecule has 2 N–H and O–H groups in total. The largest absolute Gasteiger partial charge is 0.381 e. The van der Waals surface area contributed by atoms with Crippen LogP contribution in [0.2, 0.25) is 0 Å². The van der Waals surface area contributed by atoms with Gasteiger partial charge in [-0.15, -0.1) is 0 Å². The van der Waals surface area contributed by atoms with Gasteiger partial charge in [0.15, 0.2) is 0 Å². The molecule has 4 nitrogen and oxygen atoms in total. The molecular formula is C20H26N4. The van der Waals surface area contributed by atoms with E-state index in [9.17, 15) is 0 Å². The normalized spacial score (nSPS) is 19.2. The van der Waals surface area contributed by atoms with E-state index in [0.29, 0.717) is 6.04 Å². The molecule has 0 atom stereocenters. The second kappa shape index (κ2) is 7.22. The summed E-state index contributed by atoms with van der Waals surface area (Å²) in [6, 6.07) is 16.1. The van der Waals surface area contributed by atoms with Gasteiger partial charge in [0.25, 0.3) is 0 Å². The van der Waals surface area contributed by atoms with E-state index in [1.807, 2.05) is 18.3 Å². The van der Waals surface area contributed by atoms with E-state index in [2.05, 4.69) is 50.8 Å². The zero-order valence-corrected chi connectivity index (χ0v) is 14.1. The molecule has 2 aromatic rings. The van der Waals surface area contributed by atoms with Crippen molar-refractivity contribution in [1.29, 1.82) is 0 Å². The molecule has 0 radical (unpaired) electrons. The molecule has 0 unspecified atom stereocenters. The Bertz CT molecular complexity index is 646. The Morgan fingerprint density at radius 2 is 1.79 bits per heavy atom. The van der Waals surface area contributed by atoms with Gasteiger partial charge >= 0.3 is 0 Å². The fraction of sp³-hybridized carbons (Fsp3) is 0.450. The number of hydrogen-bond donors (Lipinski definition) is 2. The highest BCUT2D eigenvalue weighted by Gasteiger charge is 2.31. The van der Waals surface area contributed by atoms with Gasteiger partial charge in [-0.3, -0.25) is 0 Å². The zero-order chi connectivity index (χ0) is 16.2. The first-order valence-electron chi connectivity index (χ1n) is 9.11. The fourth-order valence-electron chi connectivity index (χ4n) is 3.48. The van der Waals surface area contributed by atoms with Crippen molar-refractivity contribution < 1.29 is 0 Å². The maximum absolute atomic E-state index is 4.49. The third kappa shape index (κ3) is 4.06. The van der Waals surface area contributed by atoms with Gasteiger partial charge in [0.1, 0.15) is 5.82 Å². The first-order chi connectivity index (χ1) is 11.9. The second-order valence-electron chi connectivity index (χ2n) is 6.95. The Kier molecular flexibility index (Phi) is 4.65. The van der Waals surface area contributed by atoms with Crippen LogP contribution in [0, 0.1) is 0 Å². The van der Waals surface area contributed by atoms with E-state index >= 15 is 0 Å². The molecule has 1 saturated heterocycles. The minimum absolute atomic E-state index is 0.553. The molecule has 1 aromatic heterocycles. The molecule has 4 heteroatoms. The van der Waals surface area contributed by atoms with Gasteiger partial charge in [0, 0.05) is 49.7 Å². The van der Waals surface area contributed by atoms with Crippen LogP contribution in [-0.4, -0.2) is 35.1 Å². The molecule has 1 aromatic carbocycles. The first kappa shape index (κ1) is 15.5. The Labute approximate surface area is 144 Å². The average molecular weight is 322 g/mol. The number of rotatable bonds is 6. The summed E-state index contributed by atoms with van der Waals surface area (Å²) in [4.78, 5) is 7.15. The highest BCUT2D eigenvalue weighted by atomic mass is 15.2. The fourth-order valence-corrected chi connectivity index (χ4v) is 3.48. The third-order valence-electron chi connectivity index (χ3n) is 5.04. The van der Waals surface area contributed by atoms with Crippen LogP contribution >= 0.6 is 0 Å². The molecule has 0 bridgehead atoms. The number of piperidine rings is 1. The summed E-state index contributed by atoms with van der Waals surface area (Å²) in [5.74, 6) is 0.984. The monoisotopic (exact) mass is 322 g/mol. The molecule has 1 aliphatic heterocycles. The number of nitrogens with one attached hydrogen (secondary N) is 2. The third-order valence-corrected chi connectivity index (χ3v) is 5.04. The number of aromatic nitrogens is 1. The van der Waals surface area contributed by atoms with Crippen LogP contribution in [0.5, 0.6) is 0 Å². The molecule has 4 rings (SSSR count). The molecule has 24 heavy (non-hydrogen) atoms. The Morgan fingerprint density at radius 3 is 2.54 bits per heavy atom. The van der Waals surface area contributed by atoms with E-state index in [4.69, 9.17) is 0 Å². The summed E-state index contributed by atoms with van der Waals surface area (Å²) in [5, 5.41) is 7.10. The first-order valence-corrected chi connectivity index (χ1v) is 9.11. The van der Waals surface area contributed by atoms with Crippen molar-refractivity contribution in [3.8, 4) is 0 Å². The average Bonchev–Trinajstić information content (AvgIpc) is 3.47. The number of likely N-dealkylation sites (tertiary alicyclic amines) is 1. The van der Waals surface area contributed by atoms with Gasteiger partial charge in [-0.25, -0.2) is 4.98 Å². The quantitative estimate of drug-likeness (QED) is 0.850. The standard InChI is InChI=1S/C20H26N4/c1-2-4-16(5-3-1)15-22-18-8-11-21-20(14-18)23-17-9-12-24(13-10-17)19-6-7-19/h1-5,8,11,14,17,19H,6-7,9-10,12-13,15H2,(H2,21,22,23). The predicted octanol–water partition coefficient (Wildman–Crippen LogP) is 3.73. The van der Waals surface area contributed by atoms with Crippen molar-refractivity contribution in [2.24, 2.45) is 0 Å². The van der Waals surface area contributed by atoms with Crippen molar-refractivity contribution >= 4 is 11.5 Å². The number of anilines is 2. The molecule has 2 aliphatic rings. The second-order valence-corrected chi connectivity index (χ2v) is 6.95. The smallest absolute Gasteiger partial charge is 0.128 e. The van der Waals surface area contributed by atoms with Crippen LogP contribution < -0.4 is 10.6 Å². The Balaban J connectivity index is 1.29. The number of nitrogens with zero attached hydrogens (tertiary/aromatic N) is 2. The van der Waals surface area contributed by atoms with E-state index < -0.39 is 0 Å². The minimum Gasteiger partial charge on any atom is -0.381 e. The van der Waals surface area contributed by atoms with Gasteiger partial charge in [-0.05, 0) is 37.3 Å². The summed E-state index contributed by atoms with van der Waals surface area (Å²) in [6.45, 7) is 3.30. The molecule has 2 fully saturated rings. The SMILES string of the molecule is c1ccc(CNc2ccnc(NC3CCN(C4CC4)CC3)c2)cc1. The van der Waals surface area contributed by atoms with Crippen LogP contribution in [0.1, 0.15) is 31.2 Å². The Morgan fingerprint density at radius 1 is 1.00 bits per heavy atom. The molecule has 126 valence electrons. The molecule has 1 saturated carbocycles. The van der Waals surface area contributed by atoms with E-state index in [1.54, 1.807) is 0 Å². The van der Waals surface area contributed by atoms with E-state index in [0.717, 1.165) is 24.1 Å². The van der Waals surface area contributed by atoms with Crippen LogP contribution in [0.25, 0.3) is 0 Å². The molecule has 2 heterocycles. The number of hydrogen-bond acceptors (Lipinski definition) is 4. The lowest BCUT2D eigenvalue weighted by Gasteiger charge is -2.32. The van der Waals surface area contributed by atoms with Gasteiger partial charge in [0.2, 0.25) is 0 Å². The number of pyridine rings is 1. The van der Waals surface area contributed by atoms with Gasteiger partial charge in [-0.1, -0.05) is 30.3 Å². The minimum atomic E-state index is 0.553. The topological polar surface area (TPSA) is 40.2 Å². The maximum Gasteiger partial charge on any atom is 0.128 e. The number of benzene rings is 1. The predicted molar refractivity (Wildman–Crippen MR) is 99.2 cm³/mol. The lowest BCUT2D eigenvalue weighted by Crippen LogP contribution is -2.40. The molecule has 0 amide bonds. The highest BCUT2D eigenvalue weighted by molar-refractivity contribution is 5.52.